The molecule has 0 saturated heterocycles. The van der Waals surface area contributed by atoms with Gasteiger partial charge in [0.1, 0.15) is 23.8 Å². The first-order valence-corrected chi connectivity index (χ1v) is 25.2. The minimum absolute atomic E-state index is 0.423. The van der Waals surface area contributed by atoms with Gasteiger partial charge < -0.3 is 23.6 Å². The molecule has 4 aromatic carbocycles. The van der Waals surface area contributed by atoms with Crippen molar-refractivity contribution >= 4 is 75.9 Å². The molecule has 2 heterocycles. The maximum atomic E-state index is 10.2. The molecular formula is C44H54N8O7S4. The maximum absolute atomic E-state index is 10.2. The van der Waals surface area contributed by atoms with E-state index < -0.39 is 31.7 Å². The number of hydrogen-bond acceptors (Lipinski definition) is 15. The fourth-order valence-corrected chi connectivity index (χ4v) is 8.53. The number of thiazole rings is 2. The summed E-state index contributed by atoms with van der Waals surface area (Å²) in [5.74, 6) is -0.846. The molecule has 0 fully saturated rings. The summed E-state index contributed by atoms with van der Waals surface area (Å²) in [4.78, 5) is 4.63. The van der Waals surface area contributed by atoms with Crippen molar-refractivity contribution in [1.82, 2.24) is 0 Å². The molecule has 0 aliphatic heterocycles. The summed E-state index contributed by atoms with van der Waals surface area (Å²) in [6, 6.07) is 33.2. The van der Waals surface area contributed by atoms with Gasteiger partial charge in [-0.1, -0.05) is 60.7 Å². The predicted molar refractivity (Wildman–Crippen MR) is 248 cm³/mol. The van der Waals surface area contributed by atoms with Crippen molar-refractivity contribution in [3.63, 3.8) is 0 Å². The number of hydrogen-bond donors (Lipinski definition) is 0. The molecule has 2 aromatic heterocycles. The number of aryl methyl sites for hydroxylation is 2. The van der Waals surface area contributed by atoms with Crippen LogP contribution in [-0.2, 0) is 49.6 Å². The second kappa shape index (κ2) is 26.4. The zero-order chi connectivity index (χ0) is 45.5. The molecule has 0 unspecified atom stereocenters. The fraction of sp³-hybridized carbons (Fsp3) is 0.318. The Bertz CT molecular complexity index is 2330. The summed E-state index contributed by atoms with van der Waals surface area (Å²) in [6.45, 7) is 15.1. The molecule has 6 rings (SSSR count). The molecular weight excluding hydrogens is 881 g/mol. The minimum Gasteiger partial charge on any atom is -0.748 e. The lowest BCUT2D eigenvalue weighted by Gasteiger charge is -2.25. The molecule has 6 aromatic rings. The van der Waals surface area contributed by atoms with Gasteiger partial charge in [-0.15, -0.1) is 0 Å². The summed E-state index contributed by atoms with van der Waals surface area (Å²) >= 11 is 3.18. The summed E-state index contributed by atoms with van der Waals surface area (Å²) in [6.07, 6.45) is 4.06. The van der Waals surface area contributed by atoms with Crippen molar-refractivity contribution in [2.24, 2.45) is 20.5 Å². The lowest BCUT2D eigenvalue weighted by Crippen LogP contribution is -2.30. The summed E-state index contributed by atoms with van der Waals surface area (Å²) < 4.78 is 71.7. The van der Waals surface area contributed by atoms with E-state index in [1.54, 1.807) is 83.3 Å². The summed E-state index contributed by atoms with van der Waals surface area (Å²) in [5, 5.41) is 23.5. The van der Waals surface area contributed by atoms with E-state index in [9.17, 15) is 25.9 Å². The third-order valence-corrected chi connectivity index (χ3v) is 12.0. The molecule has 0 aliphatic rings. The van der Waals surface area contributed by atoms with Gasteiger partial charge >= 0.3 is 10.3 Å². The molecule has 63 heavy (non-hydrogen) atoms. The molecule has 0 N–H and O–H groups in total. The van der Waals surface area contributed by atoms with Gasteiger partial charge in [0.25, 0.3) is 0 Å². The van der Waals surface area contributed by atoms with Gasteiger partial charge in [0.15, 0.2) is 0 Å². The molecule has 0 spiro atoms. The molecule has 19 heteroatoms. The Balaban J connectivity index is 0.000000320. The molecule has 336 valence electrons. The average Bonchev–Trinajstić information content (AvgIpc) is 3.94. The van der Waals surface area contributed by atoms with Gasteiger partial charge in [-0.25, -0.2) is 26.0 Å². The van der Waals surface area contributed by atoms with E-state index in [0.717, 1.165) is 72.3 Å². The van der Waals surface area contributed by atoms with E-state index in [1.807, 2.05) is 47.4 Å². The first kappa shape index (κ1) is 50.4. The number of benzene rings is 4. The van der Waals surface area contributed by atoms with Gasteiger partial charge in [-0.2, -0.15) is 0 Å². The van der Waals surface area contributed by atoms with Crippen molar-refractivity contribution in [3.05, 3.63) is 143 Å². The zero-order valence-corrected chi connectivity index (χ0v) is 39.1. The monoisotopic (exact) mass is 934 g/mol. The highest BCUT2D eigenvalue weighted by molar-refractivity contribution is 7.85. The van der Waals surface area contributed by atoms with E-state index in [2.05, 4.69) is 91.4 Å². The standard InChI is InChI=1S/C30H40N8OS2.2C7H8O3S/c1-5-35(27-13-9-25(10-14-27)31-33-29-37(7-3)19-23-40-29)17-21-39-22-18-36(6-2)28-15-11-26(12-16-28)32-34-30-38(8-4)20-24-41-30;2*8-11(9,10)6-7-4-2-1-3-5-7/h9-16,19-20,23-24H,5-8,17-18,21-22H2,1-4H3;2*1-5H,6H2,(H,8,9,10)/q+2;;/p-2. The fourth-order valence-electron chi connectivity index (χ4n) is 5.84. The van der Waals surface area contributed by atoms with Crippen molar-refractivity contribution in [3.8, 4) is 0 Å². The maximum Gasteiger partial charge on any atom is 0.408 e. The Morgan fingerprint density at radius 2 is 0.905 bits per heavy atom. The lowest BCUT2D eigenvalue weighted by molar-refractivity contribution is -0.677. The third kappa shape index (κ3) is 18.9. The second-order valence-electron chi connectivity index (χ2n) is 13.5. The quantitative estimate of drug-likeness (QED) is 0.0311. The number of likely N-dealkylation sites (N-methyl/N-ethyl adjacent to an activating group) is 2. The van der Waals surface area contributed by atoms with E-state index in [-0.39, 0.29) is 0 Å². The molecule has 15 nitrogen and oxygen atoms in total. The Morgan fingerprint density at radius 3 is 1.22 bits per heavy atom. The summed E-state index contributed by atoms with van der Waals surface area (Å²) in [5.41, 5.74) is 5.07. The van der Waals surface area contributed by atoms with Crippen molar-refractivity contribution < 1.29 is 39.8 Å². The van der Waals surface area contributed by atoms with E-state index >= 15 is 0 Å². The van der Waals surface area contributed by atoms with Crippen LogP contribution >= 0.6 is 22.7 Å². The molecule has 0 amide bonds. The molecule has 0 saturated carbocycles. The van der Waals surface area contributed by atoms with Gasteiger partial charge in [0, 0.05) is 48.3 Å². The number of aromatic nitrogens is 2. The number of azo groups is 2. The average molecular weight is 935 g/mol. The second-order valence-corrected chi connectivity index (χ2v) is 18.1. The Labute approximate surface area is 379 Å². The highest BCUT2D eigenvalue weighted by atomic mass is 32.2. The van der Waals surface area contributed by atoms with Crippen LogP contribution in [0.25, 0.3) is 0 Å². The highest BCUT2D eigenvalue weighted by Gasteiger charge is 2.12. The van der Waals surface area contributed by atoms with Gasteiger partial charge in [-0.05, 0) is 120 Å². The van der Waals surface area contributed by atoms with Crippen molar-refractivity contribution in [2.75, 3.05) is 49.2 Å². The normalized spacial score (nSPS) is 11.5. The largest absolute Gasteiger partial charge is 0.748 e. The number of anilines is 2. The van der Waals surface area contributed by atoms with Gasteiger partial charge in [-0.3, -0.25) is 0 Å². The first-order chi connectivity index (χ1) is 30.3. The van der Waals surface area contributed by atoms with Crippen LogP contribution in [-0.4, -0.2) is 65.3 Å². The molecule has 0 aliphatic carbocycles. The highest BCUT2D eigenvalue weighted by Crippen LogP contribution is 2.24. The number of rotatable bonds is 20. The Kier molecular flexibility index (Phi) is 21.1. The molecule has 0 radical (unpaired) electrons. The zero-order valence-electron chi connectivity index (χ0n) is 35.8. The van der Waals surface area contributed by atoms with Crippen LogP contribution in [0.3, 0.4) is 0 Å². The van der Waals surface area contributed by atoms with Crippen LogP contribution in [0.15, 0.2) is 153 Å². The molecule has 0 bridgehead atoms. The predicted octanol–water partition coefficient (Wildman–Crippen LogP) is 9.09. The van der Waals surface area contributed by atoms with Crippen LogP contribution in [0.5, 0.6) is 0 Å². The van der Waals surface area contributed by atoms with E-state index in [4.69, 9.17) is 4.74 Å². The number of ether oxygens (including phenoxy) is 1. The smallest absolute Gasteiger partial charge is 0.408 e. The SMILES string of the molecule is CCN(CCOCCN(CC)c1ccc(N=Nc2scc[n+]2CC)cc1)c1ccc(N=Nc2scc[n+]2CC)cc1.O=S(=O)([O-])Cc1ccccc1.O=S(=O)([O-])Cc1ccccc1. The first-order valence-electron chi connectivity index (χ1n) is 20.3. The van der Waals surface area contributed by atoms with Crippen molar-refractivity contribution in [1.29, 1.82) is 0 Å². The van der Waals surface area contributed by atoms with Crippen LogP contribution in [0.1, 0.15) is 38.8 Å². The number of nitrogens with zero attached hydrogens (tertiary/aromatic N) is 8. The van der Waals surface area contributed by atoms with Gasteiger partial charge in [0.2, 0.25) is 0 Å². The topological polar surface area (TPSA) is 187 Å². The van der Waals surface area contributed by atoms with Crippen LogP contribution in [0.4, 0.5) is 33.0 Å². The van der Waals surface area contributed by atoms with Crippen LogP contribution < -0.4 is 18.9 Å². The van der Waals surface area contributed by atoms with E-state index in [0.29, 0.717) is 24.3 Å². The Morgan fingerprint density at radius 1 is 0.540 bits per heavy atom. The lowest BCUT2D eigenvalue weighted by atomic mass is 10.2. The third-order valence-electron chi connectivity index (χ3n) is 9.08. The summed E-state index contributed by atoms with van der Waals surface area (Å²) in [7, 11) is -8.25. The van der Waals surface area contributed by atoms with Crippen LogP contribution in [0.2, 0.25) is 0 Å². The van der Waals surface area contributed by atoms with Gasteiger partial charge in [0.05, 0.1) is 68.3 Å². The molecule has 0 atom stereocenters. The minimum atomic E-state index is -4.13. The van der Waals surface area contributed by atoms with Crippen molar-refractivity contribution in [2.45, 2.75) is 52.3 Å². The Hall–Kier alpha value is -5.28. The van der Waals surface area contributed by atoms with Crippen LogP contribution in [0, 0.1) is 0 Å². The van der Waals surface area contributed by atoms with E-state index in [1.165, 1.54) is 0 Å².